The summed E-state index contributed by atoms with van der Waals surface area (Å²) >= 11 is 5.73. The van der Waals surface area contributed by atoms with Crippen LogP contribution < -0.4 is 5.32 Å². The molecule has 3 rings (SSSR count). The molecule has 0 amide bonds. The highest BCUT2D eigenvalue weighted by molar-refractivity contribution is 6.30. The molecule has 0 saturated carbocycles. The fourth-order valence-corrected chi connectivity index (χ4v) is 3.10. The Bertz CT molecular complexity index is 707. The summed E-state index contributed by atoms with van der Waals surface area (Å²) < 4.78 is 13.6. The number of rotatable bonds is 3. The van der Waals surface area contributed by atoms with E-state index in [1.165, 1.54) is 18.6 Å². The van der Waals surface area contributed by atoms with Crippen molar-refractivity contribution < 1.29 is 4.39 Å². The highest BCUT2D eigenvalue weighted by Gasteiger charge is 2.18. The Morgan fingerprint density at radius 2 is 2.13 bits per heavy atom. The second-order valence-electron chi connectivity index (χ2n) is 6.14. The van der Waals surface area contributed by atoms with Gasteiger partial charge >= 0.3 is 0 Å². The molecule has 0 unspecified atom stereocenters. The maximum absolute atomic E-state index is 13.6. The number of aromatic nitrogens is 2. The molecular formula is C17H20ClFN4. The average Bonchev–Trinajstić information content (AvgIpc) is 2.50. The van der Waals surface area contributed by atoms with Crippen LogP contribution in [0.5, 0.6) is 0 Å². The summed E-state index contributed by atoms with van der Waals surface area (Å²) in [5, 5.41) is 12.1. The SMILES string of the molecule is Cc1cc(N[C@@H]2CCCN(C)C2)nnc1-c1ccc(Cl)c(F)c1. The number of anilines is 1. The molecule has 1 aliphatic heterocycles. The zero-order valence-corrected chi connectivity index (χ0v) is 14.1. The lowest BCUT2D eigenvalue weighted by molar-refractivity contribution is 0.260. The lowest BCUT2D eigenvalue weighted by Gasteiger charge is -2.30. The Kier molecular flexibility index (Phi) is 4.78. The van der Waals surface area contributed by atoms with E-state index < -0.39 is 5.82 Å². The van der Waals surface area contributed by atoms with Crippen LogP contribution >= 0.6 is 11.6 Å². The second kappa shape index (κ2) is 6.81. The van der Waals surface area contributed by atoms with Crippen LogP contribution in [0, 0.1) is 12.7 Å². The molecule has 1 aliphatic rings. The van der Waals surface area contributed by atoms with Crippen LogP contribution in [0.3, 0.4) is 0 Å². The molecule has 1 saturated heterocycles. The van der Waals surface area contributed by atoms with E-state index in [4.69, 9.17) is 11.6 Å². The highest BCUT2D eigenvalue weighted by atomic mass is 35.5. The van der Waals surface area contributed by atoms with Gasteiger partial charge in [-0.25, -0.2) is 4.39 Å². The minimum absolute atomic E-state index is 0.110. The number of likely N-dealkylation sites (N-methyl/N-ethyl adjacent to an activating group) is 1. The van der Waals surface area contributed by atoms with E-state index in [0.29, 0.717) is 17.3 Å². The number of likely N-dealkylation sites (tertiary alicyclic amines) is 1. The Labute approximate surface area is 140 Å². The van der Waals surface area contributed by atoms with Gasteiger partial charge in [-0.2, -0.15) is 0 Å². The molecule has 1 aromatic heterocycles. The van der Waals surface area contributed by atoms with Crippen molar-refractivity contribution in [2.45, 2.75) is 25.8 Å². The summed E-state index contributed by atoms with van der Waals surface area (Å²) in [6.45, 7) is 4.10. The van der Waals surface area contributed by atoms with Crippen molar-refractivity contribution in [2.75, 3.05) is 25.5 Å². The van der Waals surface area contributed by atoms with Crippen molar-refractivity contribution in [1.82, 2.24) is 15.1 Å². The molecule has 6 heteroatoms. The Morgan fingerprint density at radius 1 is 1.30 bits per heavy atom. The third-order valence-corrected chi connectivity index (χ3v) is 4.46. The first kappa shape index (κ1) is 16.1. The summed E-state index contributed by atoms with van der Waals surface area (Å²) in [6, 6.07) is 7.04. The van der Waals surface area contributed by atoms with Crippen LogP contribution in [0.15, 0.2) is 24.3 Å². The van der Waals surface area contributed by atoms with Gasteiger partial charge in [-0.3, -0.25) is 0 Å². The maximum atomic E-state index is 13.6. The fourth-order valence-electron chi connectivity index (χ4n) is 2.98. The van der Waals surface area contributed by atoms with E-state index in [0.717, 1.165) is 30.9 Å². The van der Waals surface area contributed by atoms with E-state index in [2.05, 4.69) is 27.5 Å². The molecule has 4 nitrogen and oxygen atoms in total. The highest BCUT2D eigenvalue weighted by Crippen LogP contribution is 2.26. The molecule has 1 N–H and O–H groups in total. The van der Waals surface area contributed by atoms with Gasteiger partial charge in [-0.05, 0) is 57.1 Å². The van der Waals surface area contributed by atoms with Crippen LogP contribution in [0.1, 0.15) is 18.4 Å². The van der Waals surface area contributed by atoms with E-state index in [1.807, 2.05) is 13.0 Å². The van der Waals surface area contributed by atoms with E-state index in [1.54, 1.807) is 6.07 Å². The maximum Gasteiger partial charge on any atom is 0.149 e. The number of nitrogens with zero attached hydrogens (tertiary/aromatic N) is 3. The van der Waals surface area contributed by atoms with Gasteiger partial charge in [0.25, 0.3) is 0 Å². The summed E-state index contributed by atoms with van der Waals surface area (Å²) in [5.74, 6) is 0.318. The molecule has 0 radical (unpaired) electrons. The lowest BCUT2D eigenvalue weighted by Crippen LogP contribution is -2.39. The fraction of sp³-hybridized carbons (Fsp3) is 0.412. The number of aryl methyl sites for hydroxylation is 1. The largest absolute Gasteiger partial charge is 0.365 e. The summed E-state index contributed by atoms with van der Waals surface area (Å²) in [6.07, 6.45) is 2.32. The van der Waals surface area contributed by atoms with E-state index in [-0.39, 0.29) is 5.02 Å². The predicted molar refractivity (Wildman–Crippen MR) is 91.3 cm³/mol. The molecule has 23 heavy (non-hydrogen) atoms. The minimum Gasteiger partial charge on any atom is -0.365 e. The number of hydrogen-bond donors (Lipinski definition) is 1. The molecule has 1 fully saturated rings. The standard InChI is InChI=1S/C17H20ClFN4/c1-11-8-16(20-13-4-3-7-23(2)10-13)21-22-17(11)12-5-6-14(18)15(19)9-12/h5-6,8-9,13H,3-4,7,10H2,1-2H3,(H,20,21)/t13-/m1/s1. The van der Waals surface area contributed by atoms with Gasteiger partial charge in [0.05, 0.1) is 10.7 Å². The van der Waals surface area contributed by atoms with Crippen LogP contribution in [-0.4, -0.2) is 41.3 Å². The summed E-state index contributed by atoms with van der Waals surface area (Å²) in [5.41, 5.74) is 2.31. The van der Waals surface area contributed by atoms with Gasteiger partial charge in [0.1, 0.15) is 11.6 Å². The molecule has 2 aromatic rings. The zero-order chi connectivity index (χ0) is 16.4. The smallest absolute Gasteiger partial charge is 0.149 e. The Morgan fingerprint density at radius 3 is 2.83 bits per heavy atom. The molecule has 2 heterocycles. The molecule has 1 atom stereocenters. The second-order valence-corrected chi connectivity index (χ2v) is 6.54. The zero-order valence-electron chi connectivity index (χ0n) is 13.3. The Balaban J connectivity index is 1.78. The van der Waals surface area contributed by atoms with Gasteiger partial charge in [0.2, 0.25) is 0 Å². The topological polar surface area (TPSA) is 41.0 Å². The summed E-state index contributed by atoms with van der Waals surface area (Å²) in [4.78, 5) is 2.31. The molecule has 122 valence electrons. The van der Waals surface area contributed by atoms with Crippen molar-refractivity contribution in [2.24, 2.45) is 0 Å². The third kappa shape index (κ3) is 3.79. The molecule has 0 spiro atoms. The molecule has 1 aromatic carbocycles. The van der Waals surface area contributed by atoms with E-state index in [9.17, 15) is 4.39 Å². The Hall–Kier alpha value is -1.72. The average molecular weight is 335 g/mol. The van der Waals surface area contributed by atoms with Crippen molar-refractivity contribution in [3.63, 3.8) is 0 Å². The van der Waals surface area contributed by atoms with Crippen molar-refractivity contribution in [1.29, 1.82) is 0 Å². The number of benzene rings is 1. The molecule has 0 aliphatic carbocycles. The number of halogens is 2. The molecule has 0 bridgehead atoms. The lowest BCUT2D eigenvalue weighted by atomic mass is 10.1. The van der Waals surface area contributed by atoms with Gasteiger partial charge in [0, 0.05) is 18.2 Å². The van der Waals surface area contributed by atoms with Gasteiger partial charge < -0.3 is 10.2 Å². The molecular weight excluding hydrogens is 315 g/mol. The van der Waals surface area contributed by atoms with Crippen molar-refractivity contribution in [3.05, 3.63) is 40.7 Å². The summed E-state index contributed by atoms with van der Waals surface area (Å²) in [7, 11) is 2.13. The van der Waals surface area contributed by atoms with E-state index >= 15 is 0 Å². The number of nitrogens with one attached hydrogen (secondary N) is 1. The quantitative estimate of drug-likeness (QED) is 0.928. The van der Waals surface area contributed by atoms with Crippen molar-refractivity contribution >= 4 is 17.4 Å². The minimum atomic E-state index is -0.446. The normalized spacial score (nSPS) is 18.9. The van der Waals surface area contributed by atoms with Crippen LogP contribution in [-0.2, 0) is 0 Å². The van der Waals surface area contributed by atoms with Crippen LogP contribution in [0.4, 0.5) is 10.2 Å². The third-order valence-electron chi connectivity index (χ3n) is 4.15. The first-order valence-electron chi connectivity index (χ1n) is 7.78. The van der Waals surface area contributed by atoms with Crippen LogP contribution in [0.25, 0.3) is 11.3 Å². The first-order valence-corrected chi connectivity index (χ1v) is 8.15. The predicted octanol–water partition coefficient (Wildman–Crippen LogP) is 3.75. The number of piperidine rings is 1. The van der Waals surface area contributed by atoms with Crippen LogP contribution in [0.2, 0.25) is 5.02 Å². The van der Waals surface area contributed by atoms with Gasteiger partial charge in [0.15, 0.2) is 0 Å². The van der Waals surface area contributed by atoms with Crippen molar-refractivity contribution in [3.8, 4) is 11.3 Å². The monoisotopic (exact) mass is 334 g/mol. The van der Waals surface area contributed by atoms with Gasteiger partial charge in [-0.1, -0.05) is 17.7 Å². The first-order chi connectivity index (χ1) is 11.0. The van der Waals surface area contributed by atoms with Gasteiger partial charge in [-0.15, -0.1) is 10.2 Å². The number of hydrogen-bond acceptors (Lipinski definition) is 4.